The first-order valence-corrected chi connectivity index (χ1v) is 7.52. The second-order valence-electron chi connectivity index (χ2n) is 4.39. The number of ether oxygens (including phenoxy) is 1. The van der Waals surface area contributed by atoms with Gasteiger partial charge < -0.3 is 10.5 Å². The molecule has 102 valence electrons. The number of fused-ring (bicyclic) bond motifs is 1. The van der Waals surface area contributed by atoms with E-state index in [1.807, 2.05) is 30.3 Å². The third-order valence-corrected chi connectivity index (χ3v) is 4.29. The normalized spacial score (nSPS) is 10.9. The Kier molecular flexibility index (Phi) is 3.51. The smallest absolute Gasteiger partial charge is 0.152 e. The maximum atomic E-state index is 6.11. The molecule has 1 aromatic heterocycles. The Hall–Kier alpha value is -1.78. The van der Waals surface area contributed by atoms with Crippen LogP contribution in [0.4, 0.5) is 5.69 Å². The number of benzene rings is 2. The Morgan fingerprint density at radius 2 is 2.15 bits per heavy atom. The Labute approximate surface area is 126 Å². The number of rotatable bonds is 3. The Morgan fingerprint density at radius 1 is 1.30 bits per heavy atom. The van der Waals surface area contributed by atoms with Crippen molar-refractivity contribution in [3.63, 3.8) is 0 Å². The van der Waals surface area contributed by atoms with Crippen LogP contribution in [0.3, 0.4) is 0 Å². The van der Waals surface area contributed by atoms with E-state index < -0.39 is 0 Å². The summed E-state index contributed by atoms with van der Waals surface area (Å²) >= 11 is 7.67. The fourth-order valence-corrected chi connectivity index (χ4v) is 2.98. The number of hydrogen-bond donors (Lipinski definition) is 1. The SMILES string of the molecule is CCc1cc(Oc2ccc3scnc3c2N)ccc1Cl. The lowest BCUT2D eigenvalue weighted by atomic mass is 10.1. The molecule has 3 rings (SSSR count). The summed E-state index contributed by atoms with van der Waals surface area (Å²) < 4.78 is 6.92. The van der Waals surface area contributed by atoms with Crippen LogP contribution in [0.1, 0.15) is 12.5 Å². The molecule has 0 saturated carbocycles. The van der Waals surface area contributed by atoms with Crippen LogP contribution in [-0.4, -0.2) is 4.98 Å². The maximum absolute atomic E-state index is 6.11. The molecule has 0 saturated heterocycles. The van der Waals surface area contributed by atoms with E-state index in [-0.39, 0.29) is 0 Å². The average molecular weight is 305 g/mol. The van der Waals surface area contributed by atoms with E-state index in [0.29, 0.717) is 11.4 Å². The number of nitrogen functional groups attached to an aromatic ring is 1. The number of nitrogens with zero attached hydrogens (tertiary/aromatic N) is 1. The second kappa shape index (κ2) is 5.31. The largest absolute Gasteiger partial charge is 0.455 e. The zero-order chi connectivity index (χ0) is 14.1. The van der Waals surface area contributed by atoms with Gasteiger partial charge in [0.15, 0.2) is 5.75 Å². The summed E-state index contributed by atoms with van der Waals surface area (Å²) in [5.41, 5.74) is 10.3. The lowest BCUT2D eigenvalue weighted by Crippen LogP contribution is -1.94. The van der Waals surface area contributed by atoms with Crippen LogP contribution in [0.2, 0.25) is 5.02 Å². The number of hydrogen-bond acceptors (Lipinski definition) is 4. The van der Waals surface area contributed by atoms with Gasteiger partial charge in [-0.1, -0.05) is 18.5 Å². The molecule has 5 heteroatoms. The summed E-state index contributed by atoms with van der Waals surface area (Å²) in [6.45, 7) is 2.06. The third-order valence-electron chi connectivity index (χ3n) is 3.13. The van der Waals surface area contributed by atoms with Crippen molar-refractivity contribution >= 4 is 38.8 Å². The van der Waals surface area contributed by atoms with Gasteiger partial charge in [-0.2, -0.15) is 0 Å². The van der Waals surface area contributed by atoms with E-state index in [9.17, 15) is 0 Å². The number of thiazole rings is 1. The van der Waals surface area contributed by atoms with Crippen molar-refractivity contribution in [3.05, 3.63) is 46.4 Å². The van der Waals surface area contributed by atoms with Crippen LogP contribution in [0.15, 0.2) is 35.8 Å². The van der Waals surface area contributed by atoms with Crippen molar-refractivity contribution in [1.82, 2.24) is 4.98 Å². The summed E-state index contributed by atoms with van der Waals surface area (Å²) in [5.74, 6) is 1.35. The van der Waals surface area contributed by atoms with Gasteiger partial charge in [-0.25, -0.2) is 4.98 Å². The molecule has 3 aromatic rings. The molecule has 20 heavy (non-hydrogen) atoms. The lowest BCUT2D eigenvalue weighted by Gasteiger charge is -2.10. The molecule has 0 aliphatic carbocycles. The number of aromatic nitrogens is 1. The molecule has 0 radical (unpaired) electrons. The fourth-order valence-electron chi connectivity index (χ4n) is 2.04. The molecule has 0 amide bonds. The summed E-state index contributed by atoms with van der Waals surface area (Å²) in [4.78, 5) is 4.26. The molecule has 2 aromatic carbocycles. The molecular formula is C15H13ClN2OS. The molecule has 0 fully saturated rings. The summed E-state index contributed by atoms with van der Waals surface area (Å²) in [5, 5.41) is 0.753. The standard InChI is InChI=1S/C15H13ClN2OS/c1-2-9-7-10(3-4-11(9)16)19-12-5-6-13-15(14(12)17)18-8-20-13/h3-8H,2,17H2,1H3. The highest BCUT2D eigenvalue weighted by Gasteiger charge is 2.09. The Bertz CT molecular complexity index is 770. The second-order valence-corrected chi connectivity index (χ2v) is 5.68. The molecule has 0 spiro atoms. The topological polar surface area (TPSA) is 48.1 Å². The minimum Gasteiger partial charge on any atom is -0.455 e. The summed E-state index contributed by atoms with van der Waals surface area (Å²) in [6.07, 6.45) is 0.858. The first-order valence-electron chi connectivity index (χ1n) is 6.27. The number of nitrogens with two attached hydrogens (primary N) is 1. The van der Waals surface area contributed by atoms with E-state index in [1.165, 1.54) is 0 Å². The quantitative estimate of drug-likeness (QED) is 0.701. The molecule has 0 atom stereocenters. The van der Waals surface area contributed by atoms with Crippen molar-refractivity contribution in [1.29, 1.82) is 0 Å². The zero-order valence-electron chi connectivity index (χ0n) is 10.9. The van der Waals surface area contributed by atoms with Crippen molar-refractivity contribution in [2.75, 3.05) is 5.73 Å². The van der Waals surface area contributed by atoms with Crippen molar-refractivity contribution in [2.45, 2.75) is 13.3 Å². The van der Waals surface area contributed by atoms with Crippen LogP contribution in [0.25, 0.3) is 10.2 Å². The number of anilines is 1. The highest BCUT2D eigenvalue weighted by Crippen LogP contribution is 2.35. The van der Waals surface area contributed by atoms with Crippen molar-refractivity contribution in [2.24, 2.45) is 0 Å². The average Bonchev–Trinajstić information content (AvgIpc) is 2.93. The Morgan fingerprint density at radius 3 is 2.95 bits per heavy atom. The molecule has 1 heterocycles. The minimum atomic E-state index is 0.566. The van der Waals surface area contributed by atoms with Gasteiger partial charge in [0, 0.05) is 5.02 Å². The lowest BCUT2D eigenvalue weighted by molar-refractivity contribution is 0.485. The van der Waals surface area contributed by atoms with Gasteiger partial charge in [0.2, 0.25) is 0 Å². The molecule has 2 N–H and O–H groups in total. The molecule has 3 nitrogen and oxygen atoms in total. The molecule has 0 bridgehead atoms. The van der Waals surface area contributed by atoms with Crippen molar-refractivity contribution < 1.29 is 4.74 Å². The summed E-state index contributed by atoms with van der Waals surface area (Å²) in [6, 6.07) is 9.46. The van der Waals surface area contributed by atoms with Crippen LogP contribution in [0.5, 0.6) is 11.5 Å². The van der Waals surface area contributed by atoms with Gasteiger partial charge in [-0.15, -0.1) is 11.3 Å². The van der Waals surface area contributed by atoms with Crippen LogP contribution in [-0.2, 0) is 6.42 Å². The van der Waals surface area contributed by atoms with Gasteiger partial charge in [-0.05, 0) is 42.3 Å². The number of halogens is 1. The maximum Gasteiger partial charge on any atom is 0.152 e. The fraction of sp³-hybridized carbons (Fsp3) is 0.133. The first kappa shape index (κ1) is 13.2. The van der Waals surface area contributed by atoms with Crippen LogP contribution in [0, 0.1) is 0 Å². The minimum absolute atomic E-state index is 0.566. The van der Waals surface area contributed by atoms with E-state index in [2.05, 4.69) is 11.9 Å². The molecule has 0 aliphatic rings. The Balaban J connectivity index is 1.98. The van der Waals surface area contributed by atoms with Gasteiger partial charge in [-0.3, -0.25) is 0 Å². The van der Waals surface area contributed by atoms with Gasteiger partial charge in [0.25, 0.3) is 0 Å². The van der Waals surface area contributed by atoms with E-state index in [1.54, 1.807) is 16.8 Å². The predicted molar refractivity (Wildman–Crippen MR) is 84.9 cm³/mol. The van der Waals surface area contributed by atoms with Crippen molar-refractivity contribution in [3.8, 4) is 11.5 Å². The molecule has 0 aliphatic heterocycles. The van der Waals surface area contributed by atoms with E-state index in [0.717, 1.165) is 33.0 Å². The van der Waals surface area contributed by atoms with Gasteiger partial charge >= 0.3 is 0 Å². The highest BCUT2D eigenvalue weighted by atomic mass is 35.5. The van der Waals surface area contributed by atoms with E-state index in [4.69, 9.17) is 22.1 Å². The summed E-state index contributed by atoms with van der Waals surface area (Å²) in [7, 11) is 0. The predicted octanol–water partition coefficient (Wildman–Crippen LogP) is 4.89. The van der Waals surface area contributed by atoms with Crippen LogP contribution >= 0.6 is 22.9 Å². The van der Waals surface area contributed by atoms with Gasteiger partial charge in [0.1, 0.15) is 17.0 Å². The monoisotopic (exact) mass is 304 g/mol. The van der Waals surface area contributed by atoms with Crippen LogP contribution < -0.4 is 10.5 Å². The highest BCUT2D eigenvalue weighted by molar-refractivity contribution is 7.16. The molecule has 0 unspecified atom stereocenters. The first-order chi connectivity index (χ1) is 9.69. The zero-order valence-corrected chi connectivity index (χ0v) is 12.5. The molecular weight excluding hydrogens is 292 g/mol. The van der Waals surface area contributed by atoms with Gasteiger partial charge in [0.05, 0.1) is 10.2 Å². The number of aryl methyl sites for hydroxylation is 1. The van der Waals surface area contributed by atoms with E-state index >= 15 is 0 Å². The third kappa shape index (κ3) is 2.32.